The molecule has 0 radical (unpaired) electrons. The second kappa shape index (κ2) is 8.55. The maximum absolute atomic E-state index is 12.3. The van der Waals surface area contributed by atoms with Crippen LogP contribution < -0.4 is 5.73 Å². The maximum Gasteiger partial charge on any atom is 0.239 e. The van der Waals surface area contributed by atoms with Gasteiger partial charge in [0.1, 0.15) is 5.75 Å². The number of hydrogen-bond acceptors (Lipinski definition) is 4. The van der Waals surface area contributed by atoms with Gasteiger partial charge in [0.05, 0.1) is 12.6 Å². The van der Waals surface area contributed by atoms with Crippen LogP contribution in [0.4, 0.5) is 0 Å². The van der Waals surface area contributed by atoms with Crippen molar-refractivity contribution in [1.82, 2.24) is 4.90 Å². The molecule has 1 atom stereocenters. The summed E-state index contributed by atoms with van der Waals surface area (Å²) >= 11 is 0. The molecule has 0 spiro atoms. The Kier molecular flexibility index (Phi) is 7.04. The second-order valence-electron chi connectivity index (χ2n) is 4.88. The van der Waals surface area contributed by atoms with Gasteiger partial charge in [0.2, 0.25) is 5.91 Å². The molecule has 5 nitrogen and oxygen atoms in total. The van der Waals surface area contributed by atoms with Gasteiger partial charge < -0.3 is 20.8 Å². The normalized spacial score (nSPS) is 12.2. The molecule has 0 unspecified atom stereocenters. The summed E-state index contributed by atoms with van der Waals surface area (Å²) in [7, 11) is 0. The fraction of sp³-hybridized carbons (Fsp3) is 0.533. The number of carbonyl (C=O) groups is 1. The van der Waals surface area contributed by atoms with Crippen LogP contribution >= 0.6 is 0 Å². The Bertz CT molecular complexity index is 406. The van der Waals surface area contributed by atoms with Crippen molar-refractivity contribution in [3.63, 3.8) is 0 Å². The Hall–Kier alpha value is -1.59. The molecule has 0 saturated carbocycles. The molecule has 0 aliphatic rings. The third-order valence-electron chi connectivity index (χ3n) is 3.17. The summed E-state index contributed by atoms with van der Waals surface area (Å²) in [6.07, 6.45) is 2.31. The minimum absolute atomic E-state index is 0.0542. The van der Waals surface area contributed by atoms with E-state index in [2.05, 4.69) is 6.92 Å². The molecule has 0 aromatic heterocycles. The van der Waals surface area contributed by atoms with Crippen molar-refractivity contribution in [3.05, 3.63) is 29.8 Å². The van der Waals surface area contributed by atoms with Crippen LogP contribution in [0.2, 0.25) is 0 Å². The molecule has 0 heterocycles. The summed E-state index contributed by atoms with van der Waals surface area (Å²) in [4.78, 5) is 13.9. The average Bonchev–Trinajstić information content (AvgIpc) is 2.45. The van der Waals surface area contributed by atoms with Gasteiger partial charge in [-0.15, -0.1) is 0 Å². The van der Waals surface area contributed by atoms with E-state index < -0.39 is 6.04 Å². The van der Waals surface area contributed by atoms with E-state index in [-0.39, 0.29) is 18.3 Å². The van der Waals surface area contributed by atoms with Crippen LogP contribution in [0.1, 0.15) is 25.3 Å². The largest absolute Gasteiger partial charge is 0.508 e. The molecule has 0 aliphatic carbocycles. The predicted molar refractivity (Wildman–Crippen MR) is 78.4 cm³/mol. The molecule has 20 heavy (non-hydrogen) atoms. The van der Waals surface area contributed by atoms with Gasteiger partial charge in [-0.2, -0.15) is 0 Å². The molecule has 0 saturated heterocycles. The van der Waals surface area contributed by atoms with Crippen LogP contribution in [0.3, 0.4) is 0 Å². The number of nitrogens with two attached hydrogens (primary N) is 1. The van der Waals surface area contributed by atoms with Crippen molar-refractivity contribution in [2.45, 2.75) is 32.2 Å². The Morgan fingerprint density at radius 2 is 1.95 bits per heavy atom. The minimum Gasteiger partial charge on any atom is -0.508 e. The average molecular weight is 280 g/mol. The molecule has 1 rings (SSSR count). The molecule has 1 amide bonds. The Morgan fingerprint density at radius 3 is 2.50 bits per heavy atom. The van der Waals surface area contributed by atoms with Crippen LogP contribution in [0.15, 0.2) is 24.3 Å². The van der Waals surface area contributed by atoms with Crippen molar-refractivity contribution >= 4 is 5.91 Å². The molecular weight excluding hydrogens is 256 g/mol. The number of hydrogen-bond donors (Lipinski definition) is 3. The number of unbranched alkanes of at least 4 members (excludes halogenated alkanes) is 1. The van der Waals surface area contributed by atoms with Crippen LogP contribution in [-0.4, -0.2) is 46.8 Å². The van der Waals surface area contributed by atoms with Gasteiger partial charge in [-0.1, -0.05) is 25.5 Å². The lowest BCUT2D eigenvalue weighted by molar-refractivity contribution is -0.133. The fourth-order valence-electron chi connectivity index (χ4n) is 2.01. The third kappa shape index (κ3) is 5.19. The van der Waals surface area contributed by atoms with Crippen LogP contribution in [0.5, 0.6) is 5.75 Å². The summed E-state index contributed by atoms with van der Waals surface area (Å²) in [6.45, 7) is 2.95. The number of phenols is 1. The molecule has 5 heteroatoms. The molecule has 0 fully saturated rings. The quantitative estimate of drug-likeness (QED) is 0.660. The van der Waals surface area contributed by atoms with Gasteiger partial charge in [0.15, 0.2) is 0 Å². The van der Waals surface area contributed by atoms with Gasteiger partial charge in [0, 0.05) is 13.1 Å². The molecule has 0 aliphatic heterocycles. The highest BCUT2D eigenvalue weighted by molar-refractivity contribution is 5.82. The SMILES string of the molecule is CCCCN(CCO)C(=O)[C@@H](N)Cc1ccc(O)cc1. The maximum atomic E-state index is 12.3. The Labute approximate surface area is 120 Å². The van der Waals surface area contributed by atoms with Crippen LogP contribution in [-0.2, 0) is 11.2 Å². The molecule has 1 aromatic carbocycles. The first-order valence-electron chi connectivity index (χ1n) is 7.01. The number of aliphatic hydroxyl groups excluding tert-OH is 1. The molecule has 112 valence electrons. The van der Waals surface area contributed by atoms with Gasteiger partial charge >= 0.3 is 0 Å². The summed E-state index contributed by atoms with van der Waals surface area (Å²) < 4.78 is 0. The van der Waals surface area contributed by atoms with E-state index in [1.165, 1.54) is 0 Å². The zero-order valence-electron chi connectivity index (χ0n) is 12.0. The summed E-state index contributed by atoms with van der Waals surface area (Å²) in [5, 5.41) is 18.2. The minimum atomic E-state index is -0.622. The first-order chi connectivity index (χ1) is 9.58. The summed E-state index contributed by atoms with van der Waals surface area (Å²) in [5.41, 5.74) is 6.86. The van der Waals surface area contributed by atoms with E-state index in [9.17, 15) is 9.90 Å². The monoisotopic (exact) mass is 280 g/mol. The van der Waals surface area contributed by atoms with Crippen LogP contribution in [0, 0.1) is 0 Å². The highest BCUT2D eigenvalue weighted by atomic mass is 16.3. The predicted octanol–water partition coefficient (Wildman–Crippen LogP) is 0.883. The summed E-state index contributed by atoms with van der Waals surface area (Å²) in [5.74, 6) is 0.0547. The van der Waals surface area contributed by atoms with Crippen molar-refractivity contribution in [2.75, 3.05) is 19.7 Å². The van der Waals surface area contributed by atoms with E-state index in [1.54, 1.807) is 29.2 Å². The lowest BCUT2D eigenvalue weighted by Gasteiger charge is -2.25. The van der Waals surface area contributed by atoms with Crippen molar-refractivity contribution < 1.29 is 15.0 Å². The van der Waals surface area contributed by atoms with E-state index in [1.807, 2.05) is 0 Å². The molecule has 1 aromatic rings. The van der Waals surface area contributed by atoms with E-state index in [0.29, 0.717) is 19.5 Å². The second-order valence-corrected chi connectivity index (χ2v) is 4.88. The van der Waals surface area contributed by atoms with Gasteiger partial charge in [0.25, 0.3) is 0 Å². The number of rotatable bonds is 8. The van der Waals surface area contributed by atoms with E-state index in [0.717, 1.165) is 18.4 Å². The Balaban J connectivity index is 2.60. The Morgan fingerprint density at radius 1 is 1.30 bits per heavy atom. The van der Waals surface area contributed by atoms with Crippen molar-refractivity contribution in [3.8, 4) is 5.75 Å². The fourth-order valence-corrected chi connectivity index (χ4v) is 2.01. The first kappa shape index (κ1) is 16.5. The summed E-state index contributed by atoms with van der Waals surface area (Å²) in [6, 6.07) is 6.04. The number of carbonyl (C=O) groups excluding carboxylic acids is 1. The first-order valence-corrected chi connectivity index (χ1v) is 7.01. The number of phenolic OH excluding ortho intramolecular Hbond substituents is 1. The standard InChI is InChI=1S/C15H24N2O3/c1-2-3-8-17(9-10-18)15(20)14(16)11-12-4-6-13(19)7-5-12/h4-7,14,18-19H,2-3,8-11,16H2,1H3/t14-/m0/s1. The number of benzene rings is 1. The molecule has 0 bridgehead atoms. The van der Waals surface area contributed by atoms with E-state index in [4.69, 9.17) is 10.8 Å². The van der Waals surface area contributed by atoms with Gasteiger partial charge in [-0.05, 0) is 30.5 Å². The number of amides is 1. The molecule has 4 N–H and O–H groups in total. The van der Waals surface area contributed by atoms with Crippen LogP contribution in [0.25, 0.3) is 0 Å². The number of nitrogens with zero attached hydrogens (tertiary/aromatic N) is 1. The van der Waals surface area contributed by atoms with Gasteiger partial charge in [-0.3, -0.25) is 4.79 Å². The topological polar surface area (TPSA) is 86.8 Å². The zero-order chi connectivity index (χ0) is 15.0. The third-order valence-corrected chi connectivity index (χ3v) is 3.17. The molecular formula is C15H24N2O3. The van der Waals surface area contributed by atoms with E-state index >= 15 is 0 Å². The van der Waals surface area contributed by atoms with Crippen molar-refractivity contribution in [2.24, 2.45) is 5.73 Å². The smallest absolute Gasteiger partial charge is 0.239 e. The van der Waals surface area contributed by atoms with Crippen molar-refractivity contribution in [1.29, 1.82) is 0 Å². The lowest BCUT2D eigenvalue weighted by Crippen LogP contribution is -2.46. The lowest BCUT2D eigenvalue weighted by atomic mass is 10.1. The number of aromatic hydroxyl groups is 1. The zero-order valence-corrected chi connectivity index (χ0v) is 12.0. The number of aliphatic hydroxyl groups is 1. The highest BCUT2D eigenvalue weighted by Crippen LogP contribution is 2.11. The highest BCUT2D eigenvalue weighted by Gasteiger charge is 2.20. The van der Waals surface area contributed by atoms with Gasteiger partial charge in [-0.25, -0.2) is 0 Å².